The third-order valence-corrected chi connectivity index (χ3v) is 27.6. The first-order valence-corrected chi connectivity index (χ1v) is 47.8. The van der Waals surface area contributed by atoms with Crippen molar-refractivity contribution in [1.29, 1.82) is 0 Å². The number of carbonyl (C=O) groups is 16. The number of thioether (sulfide) groups is 4. The average molecular weight is 1900 g/mol. The number of amides is 8. The summed E-state index contributed by atoms with van der Waals surface area (Å²) in [5.41, 5.74) is 3.03. The molecule has 4 fully saturated rings. The summed E-state index contributed by atoms with van der Waals surface area (Å²) in [6.45, 7) is 19.7. The summed E-state index contributed by atoms with van der Waals surface area (Å²) in [7, 11) is 1.55. The molecule has 712 valence electrons. The second kappa shape index (κ2) is 52.0. The van der Waals surface area contributed by atoms with Crippen LogP contribution in [-0.2, 0) is 92.8 Å². The molecular formula is C97H122N8O23S4. The number of ether oxygens (including phenoxy) is 1. The van der Waals surface area contributed by atoms with Crippen LogP contribution in [0.5, 0.6) is 17.2 Å². The monoisotopic (exact) mass is 1890 g/mol. The number of nitrogens with one attached hydrogen (secondary N) is 4. The van der Waals surface area contributed by atoms with Crippen LogP contribution in [-0.4, -0.2) is 246 Å². The molecule has 0 saturated carbocycles. The maximum Gasteiger partial charge on any atom is 0.326 e. The van der Waals surface area contributed by atoms with Crippen molar-refractivity contribution < 1.29 is 112 Å². The van der Waals surface area contributed by atoms with E-state index in [0.29, 0.717) is 123 Å². The highest BCUT2D eigenvalue weighted by Crippen LogP contribution is 2.32. The molecule has 0 aliphatic carbocycles. The summed E-state index contributed by atoms with van der Waals surface area (Å²) < 4.78 is 5.11. The number of nitrogens with zero attached hydrogens (tertiary/aromatic N) is 4. The van der Waals surface area contributed by atoms with Gasteiger partial charge >= 0.3 is 23.9 Å². The van der Waals surface area contributed by atoms with Gasteiger partial charge in [-0.3, -0.25) is 57.5 Å². The lowest BCUT2D eigenvalue weighted by Gasteiger charge is -2.28. The fourth-order valence-electron chi connectivity index (χ4n) is 14.6. The Morgan fingerprint density at radius 1 is 0.341 bits per heavy atom. The molecule has 0 spiro atoms. The highest BCUT2D eigenvalue weighted by atomic mass is 32.2. The van der Waals surface area contributed by atoms with E-state index in [1.165, 1.54) is 43.9 Å². The molecule has 6 aromatic rings. The van der Waals surface area contributed by atoms with Gasteiger partial charge in [-0.05, 0) is 110 Å². The predicted octanol–water partition coefficient (Wildman–Crippen LogP) is 10.9. The second-order valence-corrected chi connectivity index (χ2v) is 39.0. The molecule has 4 aliphatic rings. The zero-order valence-electron chi connectivity index (χ0n) is 76.2. The van der Waals surface area contributed by atoms with Gasteiger partial charge in [0, 0.05) is 121 Å². The van der Waals surface area contributed by atoms with Crippen LogP contribution < -0.4 is 26.0 Å². The molecule has 132 heavy (non-hydrogen) atoms. The van der Waals surface area contributed by atoms with Crippen LogP contribution in [0.15, 0.2) is 164 Å². The molecular weight excluding hydrogens is 1770 g/mol. The number of aromatic hydroxyl groups is 2. The van der Waals surface area contributed by atoms with Crippen LogP contribution in [0, 0.1) is 34.5 Å². The summed E-state index contributed by atoms with van der Waals surface area (Å²) in [4.78, 5) is 206. The summed E-state index contributed by atoms with van der Waals surface area (Å²) in [5.74, 6) is -7.07. The van der Waals surface area contributed by atoms with Crippen molar-refractivity contribution in [2.75, 3.05) is 56.3 Å². The molecule has 4 heterocycles. The van der Waals surface area contributed by atoms with Gasteiger partial charge < -0.3 is 76.2 Å². The van der Waals surface area contributed by atoms with Gasteiger partial charge in [0.1, 0.15) is 65.6 Å². The van der Waals surface area contributed by atoms with E-state index in [9.17, 15) is 107 Å². The lowest BCUT2D eigenvalue weighted by Crippen LogP contribution is -2.52. The van der Waals surface area contributed by atoms with Crippen molar-refractivity contribution in [2.45, 2.75) is 195 Å². The van der Waals surface area contributed by atoms with E-state index in [1.54, 1.807) is 132 Å². The number of benzene rings is 6. The number of hydrogen-bond acceptors (Lipinski definition) is 23. The molecule has 12 atom stereocenters. The third kappa shape index (κ3) is 33.6. The van der Waals surface area contributed by atoms with Crippen LogP contribution in [0.1, 0.15) is 164 Å². The van der Waals surface area contributed by atoms with Gasteiger partial charge in [-0.25, -0.2) is 19.2 Å². The Kier molecular flexibility index (Phi) is 42.4. The number of rotatable bonds is 35. The lowest BCUT2D eigenvalue weighted by atomic mass is 9.99. The third-order valence-electron chi connectivity index (χ3n) is 22.2. The normalized spacial score (nSPS) is 17.6. The first-order valence-electron chi connectivity index (χ1n) is 43.8. The lowest BCUT2D eigenvalue weighted by molar-refractivity contribution is -0.145. The predicted molar refractivity (Wildman–Crippen MR) is 505 cm³/mol. The number of likely N-dealkylation sites (tertiary alicyclic amines) is 4. The molecule has 10 N–H and O–H groups in total. The average Bonchev–Trinajstić information content (AvgIpc) is 1.68. The molecule has 0 unspecified atom stereocenters. The van der Waals surface area contributed by atoms with Gasteiger partial charge in [0.15, 0.2) is 10.2 Å². The molecule has 8 amide bonds. The summed E-state index contributed by atoms with van der Waals surface area (Å²) in [5, 5.41) is 67.3. The van der Waals surface area contributed by atoms with Crippen LogP contribution >= 0.6 is 47.0 Å². The minimum Gasteiger partial charge on any atom is -0.508 e. The second-order valence-electron chi connectivity index (χ2n) is 35.1. The highest BCUT2D eigenvalue weighted by Gasteiger charge is 2.43. The zero-order chi connectivity index (χ0) is 97.3. The van der Waals surface area contributed by atoms with E-state index in [4.69, 9.17) is 4.74 Å². The number of carbonyl (C=O) groups excluding carboxylic acids is 12. The van der Waals surface area contributed by atoms with Crippen molar-refractivity contribution in [3.8, 4) is 17.2 Å². The number of methoxy groups -OCH3 is 1. The molecule has 10 rings (SSSR count). The molecule has 0 bridgehead atoms. The summed E-state index contributed by atoms with van der Waals surface area (Å²) >= 11 is 4.41. The van der Waals surface area contributed by atoms with Crippen LogP contribution in [0.2, 0.25) is 0 Å². The zero-order valence-corrected chi connectivity index (χ0v) is 79.5. The van der Waals surface area contributed by atoms with Crippen molar-refractivity contribution in [3.63, 3.8) is 0 Å². The first-order chi connectivity index (χ1) is 62.4. The van der Waals surface area contributed by atoms with Crippen LogP contribution in [0.3, 0.4) is 0 Å². The van der Waals surface area contributed by atoms with Gasteiger partial charge in [-0.15, -0.1) is 0 Å². The van der Waals surface area contributed by atoms with Gasteiger partial charge in [-0.2, -0.15) is 0 Å². The molecule has 4 saturated heterocycles. The Balaban J connectivity index is 0.000000241. The van der Waals surface area contributed by atoms with Gasteiger partial charge in [0.05, 0.1) is 7.11 Å². The number of carboxylic acid groups (broad SMARTS) is 4. The van der Waals surface area contributed by atoms with E-state index in [-0.39, 0.29) is 87.0 Å². The smallest absolute Gasteiger partial charge is 0.326 e. The Labute approximate surface area is 786 Å². The number of phenolic OH excluding ortho intramolecular Hbond substituents is 2. The van der Waals surface area contributed by atoms with E-state index < -0.39 is 130 Å². The molecule has 35 heteroatoms. The summed E-state index contributed by atoms with van der Waals surface area (Å²) in [6, 6.07) is 38.6. The minimum absolute atomic E-state index is 0.00592. The fourth-order valence-corrected chi connectivity index (χ4v) is 18.3. The first kappa shape index (κ1) is 107. The Bertz CT molecular complexity index is 4950. The maximum absolute atomic E-state index is 13.0. The van der Waals surface area contributed by atoms with Crippen molar-refractivity contribution in [2.24, 2.45) is 34.5 Å². The minimum atomic E-state index is -1.18. The standard InChI is InChI=1S/C25H28N2O6S.C25H28N2O5S.C24H34N2O6S.C23H32N2O6S/c1-16(15-34-25(33)18-6-3-2-4-7-18)23(30)27-13-5-8-21(27)22(29)26-20(24(31)32)14-17-9-11-19(28)12-10-17;1-17(16-33-25(32)19-11-6-3-7-12-19)23(29)27-14-8-13-21(27)22(28)26-20(24(30)31)15-18-9-4-2-5-10-18;1-15(14-33-23(31)24(2,3)4)21(28)26-12-6-7-19(26)20(27)25-18(22(29)30)13-16-8-10-17(32-5)11-9-16;1-14(13-32-22(31)23(2,3)4)20(28)25-11-5-6-18(25)19(27)24-17(21(29)30)12-15-7-9-16(26)10-8-15/h2-4,6-7,9-12,16,20-21,28H,5,8,13-15H2,1H3,(H,26,29)(H,31,32);2-7,9-12,17,20-21H,8,13-16H2,1H3,(H,26,28)(H,30,31);8-11,15,18-19H,6-7,12-14H2,1-5H3,(H,25,27)(H,29,30);7-10,14,17-18,26H,5-6,11-13H2,1-4H3,(H,24,27)(H,29,30)/t16-,20+,21+;17-,20+,21+;15-,18+,19+;14-,17+,18+/m1111/s1. The van der Waals surface area contributed by atoms with E-state index in [1.807, 2.05) is 84.0 Å². The molecule has 0 aromatic heterocycles. The fraction of sp³-hybridized carbons (Fsp3) is 0.464. The molecule has 4 aliphatic heterocycles. The quantitative estimate of drug-likeness (QED) is 0.0177. The van der Waals surface area contributed by atoms with Crippen molar-refractivity contribution >= 4 is 139 Å². The van der Waals surface area contributed by atoms with E-state index >= 15 is 0 Å². The molecule has 0 radical (unpaired) electrons. The SMILES string of the molecule is COc1ccc(C[C@H](NC(=O)[C@@H]2CCCN2C(=O)[C@H](C)CSC(=O)C(C)(C)C)C(=O)O)cc1.C[C@H](CSC(=O)C(C)(C)C)C(=O)N1CCC[C@H]1C(=O)N[C@@H](Cc1ccc(O)cc1)C(=O)O.C[C@H](CSC(=O)c1ccccc1)C(=O)N1CCC[C@H]1C(=O)N[C@@H](Cc1ccc(O)cc1)C(=O)O.C[C@H](CSC(=O)c1ccccc1)C(=O)N1CCC[C@H]1C(=O)N[C@@H](Cc1ccccc1)C(=O)O. The number of carboxylic acids is 4. The Morgan fingerprint density at radius 2 is 0.568 bits per heavy atom. The number of hydrogen-bond donors (Lipinski definition) is 10. The number of phenols is 2. The van der Waals surface area contributed by atoms with Crippen LogP contribution in [0.25, 0.3) is 0 Å². The Morgan fingerprint density at radius 3 is 0.803 bits per heavy atom. The summed E-state index contributed by atoms with van der Waals surface area (Å²) in [6.07, 6.45) is 4.90. The van der Waals surface area contributed by atoms with Crippen molar-refractivity contribution in [3.05, 3.63) is 197 Å². The Hall–Kier alpha value is -11.6. The van der Waals surface area contributed by atoms with Gasteiger partial charge in [0.2, 0.25) is 57.5 Å². The van der Waals surface area contributed by atoms with E-state index in [2.05, 4.69) is 21.3 Å². The van der Waals surface area contributed by atoms with E-state index in [0.717, 1.165) is 58.2 Å². The van der Waals surface area contributed by atoms with Gasteiger partial charge in [-0.1, -0.05) is 244 Å². The highest BCUT2D eigenvalue weighted by molar-refractivity contribution is 8.14. The molecule has 31 nitrogen and oxygen atoms in total. The van der Waals surface area contributed by atoms with Crippen molar-refractivity contribution in [1.82, 2.24) is 40.9 Å². The van der Waals surface area contributed by atoms with Gasteiger partial charge in [0.25, 0.3) is 0 Å². The van der Waals surface area contributed by atoms with Crippen LogP contribution in [0.4, 0.5) is 0 Å². The molecule has 6 aromatic carbocycles. The number of aliphatic carboxylic acids is 4. The topological polar surface area (TPSA) is 465 Å². The largest absolute Gasteiger partial charge is 0.508 e. The maximum atomic E-state index is 13.0.